The summed E-state index contributed by atoms with van der Waals surface area (Å²) in [6, 6.07) is 26.2. The minimum absolute atomic E-state index is 0.0236. The van der Waals surface area contributed by atoms with Gasteiger partial charge in [-0.05, 0) is 36.5 Å². The Hall–Kier alpha value is -2.64. The van der Waals surface area contributed by atoms with Crippen LogP contribution in [0.15, 0.2) is 84.9 Å². The molecule has 0 aliphatic carbocycles. The standard InChI is InChI=1S/C23H23O3P/c1-26-20-15-13-18(14-16-20)22(24)17-23(19-9-5-3-6-10-19)27(2,25)21-11-7-4-8-12-21/h3-16,23H,17H2,1-2H3/t23-,27?/m0/s1. The van der Waals surface area contributed by atoms with Gasteiger partial charge in [-0.1, -0.05) is 60.7 Å². The molecule has 0 bridgehead atoms. The van der Waals surface area contributed by atoms with Crippen molar-refractivity contribution in [2.24, 2.45) is 0 Å². The molecule has 3 aromatic carbocycles. The molecule has 0 amide bonds. The van der Waals surface area contributed by atoms with Crippen LogP contribution in [0, 0.1) is 0 Å². The average molecular weight is 378 g/mol. The molecular formula is C23H23O3P. The maximum atomic E-state index is 13.8. The summed E-state index contributed by atoms with van der Waals surface area (Å²) in [6.07, 6.45) is 0.193. The molecule has 0 saturated carbocycles. The Labute approximate surface area is 160 Å². The molecule has 3 nitrogen and oxygen atoms in total. The van der Waals surface area contributed by atoms with Crippen LogP contribution in [0.3, 0.4) is 0 Å². The van der Waals surface area contributed by atoms with E-state index in [1.165, 1.54) is 0 Å². The number of Topliss-reactive ketones (excluding diaryl/α,β-unsaturated/α-hetero) is 1. The van der Waals surface area contributed by atoms with E-state index in [4.69, 9.17) is 4.74 Å². The smallest absolute Gasteiger partial charge is 0.163 e. The van der Waals surface area contributed by atoms with Crippen LogP contribution in [0.25, 0.3) is 0 Å². The lowest BCUT2D eigenvalue weighted by Crippen LogP contribution is -2.15. The van der Waals surface area contributed by atoms with Gasteiger partial charge in [0.05, 0.1) is 7.11 Å². The van der Waals surface area contributed by atoms with E-state index >= 15 is 0 Å². The summed E-state index contributed by atoms with van der Waals surface area (Å²) in [5.41, 5.74) is 1.16. The molecular weight excluding hydrogens is 355 g/mol. The van der Waals surface area contributed by atoms with Crippen LogP contribution in [0.4, 0.5) is 0 Å². The lowest BCUT2D eigenvalue weighted by atomic mass is 10.0. The quantitative estimate of drug-likeness (QED) is 0.412. The molecule has 0 aliphatic heterocycles. The molecule has 0 aromatic heterocycles. The normalized spacial score (nSPS) is 14.1. The summed E-state index contributed by atoms with van der Waals surface area (Å²) >= 11 is 0. The van der Waals surface area contributed by atoms with Gasteiger partial charge in [0.1, 0.15) is 12.9 Å². The van der Waals surface area contributed by atoms with Gasteiger partial charge >= 0.3 is 0 Å². The lowest BCUT2D eigenvalue weighted by molar-refractivity contribution is 0.0981. The number of carbonyl (C=O) groups excluding carboxylic acids is 1. The molecule has 138 valence electrons. The van der Waals surface area contributed by atoms with Crippen molar-refractivity contribution in [3.8, 4) is 5.75 Å². The number of ketones is 1. The van der Waals surface area contributed by atoms with Crippen molar-refractivity contribution in [3.63, 3.8) is 0 Å². The molecule has 0 fully saturated rings. The first-order valence-electron chi connectivity index (χ1n) is 8.87. The van der Waals surface area contributed by atoms with Crippen molar-refractivity contribution >= 4 is 18.2 Å². The highest BCUT2D eigenvalue weighted by Crippen LogP contribution is 2.57. The Morgan fingerprint density at radius 2 is 1.44 bits per heavy atom. The Morgan fingerprint density at radius 3 is 2.00 bits per heavy atom. The first kappa shape index (κ1) is 19.1. The van der Waals surface area contributed by atoms with Crippen LogP contribution < -0.4 is 10.0 Å². The van der Waals surface area contributed by atoms with Crippen LogP contribution in [0.5, 0.6) is 5.75 Å². The second-order valence-electron chi connectivity index (χ2n) is 6.61. The van der Waals surface area contributed by atoms with Crippen LogP contribution in [0.1, 0.15) is 28.0 Å². The van der Waals surface area contributed by atoms with Gasteiger partial charge in [0, 0.05) is 22.9 Å². The zero-order valence-corrected chi connectivity index (χ0v) is 16.4. The number of methoxy groups -OCH3 is 1. The fourth-order valence-electron chi connectivity index (χ4n) is 3.23. The van der Waals surface area contributed by atoms with Gasteiger partial charge in [-0.25, -0.2) is 0 Å². The minimum Gasteiger partial charge on any atom is -0.497 e. The van der Waals surface area contributed by atoms with Gasteiger partial charge in [0.25, 0.3) is 0 Å². The van der Waals surface area contributed by atoms with Crippen LogP contribution in [-0.4, -0.2) is 19.6 Å². The van der Waals surface area contributed by atoms with Gasteiger partial charge in [-0.15, -0.1) is 0 Å². The molecule has 0 radical (unpaired) electrons. The Balaban J connectivity index is 1.95. The highest BCUT2D eigenvalue weighted by atomic mass is 31.2. The number of benzene rings is 3. The molecule has 2 atom stereocenters. The van der Waals surface area contributed by atoms with Gasteiger partial charge < -0.3 is 9.30 Å². The van der Waals surface area contributed by atoms with Crippen molar-refractivity contribution in [3.05, 3.63) is 96.1 Å². The van der Waals surface area contributed by atoms with Gasteiger partial charge in [-0.3, -0.25) is 4.79 Å². The number of hydrogen-bond acceptors (Lipinski definition) is 3. The van der Waals surface area contributed by atoms with E-state index in [9.17, 15) is 9.36 Å². The molecule has 0 aliphatic rings. The lowest BCUT2D eigenvalue weighted by Gasteiger charge is -2.25. The van der Waals surface area contributed by atoms with E-state index in [1.54, 1.807) is 38.0 Å². The van der Waals surface area contributed by atoms with Crippen LogP contribution >= 0.6 is 7.14 Å². The predicted octanol–water partition coefficient (Wildman–Crippen LogP) is 5.33. The molecule has 0 heterocycles. The van der Waals surface area contributed by atoms with Crippen molar-refractivity contribution in [1.29, 1.82) is 0 Å². The van der Waals surface area contributed by atoms with E-state index in [0.717, 1.165) is 10.9 Å². The van der Waals surface area contributed by atoms with E-state index in [1.807, 2.05) is 60.7 Å². The summed E-state index contributed by atoms with van der Waals surface area (Å²) < 4.78 is 19.0. The first-order valence-corrected chi connectivity index (χ1v) is 11.1. The zero-order chi connectivity index (χ0) is 19.3. The third-order valence-corrected chi connectivity index (χ3v) is 7.83. The Kier molecular flexibility index (Phi) is 5.93. The van der Waals surface area contributed by atoms with Crippen molar-refractivity contribution < 1.29 is 14.1 Å². The molecule has 0 saturated heterocycles. The monoisotopic (exact) mass is 378 g/mol. The molecule has 1 unspecified atom stereocenters. The summed E-state index contributed by atoms with van der Waals surface area (Å²) in [5, 5.41) is 0.793. The van der Waals surface area contributed by atoms with Crippen molar-refractivity contribution in [1.82, 2.24) is 0 Å². The fraction of sp³-hybridized carbons (Fsp3) is 0.174. The molecule has 27 heavy (non-hydrogen) atoms. The number of ether oxygens (including phenoxy) is 1. The highest BCUT2D eigenvalue weighted by Gasteiger charge is 2.33. The van der Waals surface area contributed by atoms with E-state index in [0.29, 0.717) is 11.3 Å². The zero-order valence-electron chi connectivity index (χ0n) is 15.5. The summed E-state index contributed by atoms with van der Waals surface area (Å²) in [5.74, 6) is 0.682. The Morgan fingerprint density at radius 1 is 0.889 bits per heavy atom. The van der Waals surface area contributed by atoms with Gasteiger partial charge in [0.15, 0.2) is 5.78 Å². The molecule has 0 N–H and O–H groups in total. The van der Waals surface area contributed by atoms with Crippen LogP contribution in [-0.2, 0) is 4.57 Å². The second-order valence-corrected chi connectivity index (χ2v) is 9.73. The maximum Gasteiger partial charge on any atom is 0.163 e. The van der Waals surface area contributed by atoms with Crippen molar-refractivity contribution in [2.75, 3.05) is 13.8 Å². The Bertz CT molecular complexity index is 934. The van der Waals surface area contributed by atoms with Crippen molar-refractivity contribution in [2.45, 2.75) is 12.1 Å². The molecule has 3 rings (SSSR count). The summed E-state index contributed by atoms with van der Waals surface area (Å²) in [7, 11) is -1.22. The first-order chi connectivity index (χ1) is 13.0. The van der Waals surface area contributed by atoms with E-state index in [2.05, 4.69) is 0 Å². The minimum atomic E-state index is -2.81. The van der Waals surface area contributed by atoms with Gasteiger partial charge in [0.2, 0.25) is 0 Å². The SMILES string of the molecule is COc1ccc(C(=O)C[C@@H](c2ccccc2)P(C)(=O)c2ccccc2)cc1. The average Bonchev–Trinajstić information content (AvgIpc) is 2.73. The largest absolute Gasteiger partial charge is 0.497 e. The number of rotatable bonds is 7. The number of carbonyl (C=O) groups is 1. The molecule has 3 aromatic rings. The second kappa shape index (κ2) is 8.37. The third-order valence-electron chi connectivity index (χ3n) is 4.84. The van der Waals surface area contributed by atoms with Gasteiger partial charge in [-0.2, -0.15) is 0 Å². The molecule has 4 heteroatoms. The maximum absolute atomic E-state index is 13.8. The highest BCUT2D eigenvalue weighted by molar-refractivity contribution is 7.71. The van der Waals surface area contributed by atoms with E-state index in [-0.39, 0.29) is 17.9 Å². The summed E-state index contributed by atoms with van der Waals surface area (Å²) in [6.45, 7) is 1.78. The van der Waals surface area contributed by atoms with E-state index < -0.39 is 7.14 Å². The van der Waals surface area contributed by atoms with Crippen LogP contribution in [0.2, 0.25) is 0 Å². The fourth-order valence-corrected chi connectivity index (χ4v) is 5.61. The summed E-state index contributed by atoms with van der Waals surface area (Å²) in [4.78, 5) is 12.9. The topological polar surface area (TPSA) is 43.4 Å². The predicted molar refractivity (Wildman–Crippen MR) is 111 cm³/mol. The number of hydrogen-bond donors (Lipinski definition) is 0. The third kappa shape index (κ3) is 4.37. The molecule has 0 spiro atoms.